The second-order valence-corrected chi connectivity index (χ2v) is 5.11. The molecule has 3 N–H and O–H groups in total. The molecule has 0 saturated heterocycles. The number of nitrogens with two attached hydrogens (primary N) is 1. The molecule has 0 radical (unpaired) electrons. The second kappa shape index (κ2) is 9.08. The normalized spacial score (nSPS) is 13.7. The van der Waals surface area contributed by atoms with Crippen molar-refractivity contribution >= 4 is 5.78 Å². The SMILES string of the molecule is CC(C)C(=O)CC[NH2+]C(C)C(O)c1ccccc1.[Cl-]. The van der Waals surface area contributed by atoms with Gasteiger partial charge in [-0.15, -0.1) is 0 Å². The lowest BCUT2D eigenvalue weighted by molar-refractivity contribution is -0.693. The zero-order valence-corrected chi connectivity index (χ0v) is 12.6. The fourth-order valence-corrected chi connectivity index (χ4v) is 1.86. The number of Topliss-reactive ketones (excluding diaryl/α,β-unsaturated/α-hetero) is 1. The summed E-state index contributed by atoms with van der Waals surface area (Å²) in [7, 11) is 0. The Labute approximate surface area is 121 Å². The Morgan fingerprint density at radius 1 is 1.21 bits per heavy atom. The summed E-state index contributed by atoms with van der Waals surface area (Å²) in [4.78, 5) is 11.5. The van der Waals surface area contributed by atoms with Gasteiger partial charge in [-0.25, -0.2) is 0 Å². The van der Waals surface area contributed by atoms with Crippen molar-refractivity contribution in [2.45, 2.75) is 39.3 Å². The monoisotopic (exact) mass is 285 g/mol. The number of hydrogen-bond acceptors (Lipinski definition) is 2. The first-order valence-electron chi connectivity index (χ1n) is 6.61. The summed E-state index contributed by atoms with van der Waals surface area (Å²) in [5, 5.41) is 12.2. The summed E-state index contributed by atoms with van der Waals surface area (Å²) < 4.78 is 0. The Hall–Kier alpha value is -0.900. The highest BCUT2D eigenvalue weighted by Gasteiger charge is 2.19. The minimum Gasteiger partial charge on any atom is -1.00 e. The zero-order valence-electron chi connectivity index (χ0n) is 11.8. The standard InChI is InChI=1S/C15H23NO2.ClH/c1-11(2)14(17)9-10-16-12(3)15(18)13-7-5-4-6-8-13;/h4-8,11-12,15-16,18H,9-10H2,1-3H3;1H. The van der Waals surface area contributed by atoms with Gasteiger partial charge in [-0.3, -0.25) is 4.79 Å². The number of halogens is 1. The van der Waals surface area contributed by atoms with E-state index in [2.05, 4.69) is 0 Å². The van der Waals surface area contributed by atoms with Gasteiger partial charge in [-0.2, -0.15) is 0 Å². The molecule has 0 spiro atoms. The summed E-state index contributed by atoms with van der Waals surface area (Å²) in [5.41, 5.74) is 0.927. The number of benzene rings is 1. The van der Waals surface area contributed by atoms with Gasteiger partial charge in [0.1, 0.15) is 17.9 Å². The van der Waals surface area contributed by atoms with Crippen LogP contribution < -0.4 is 17.7 Å². The first kappa shape index (κ1) is 18.1. The van der Waals surface area contributed by atoms with Gasteiger partial charge in [-0.05, 0) is 12.5 Å². The van der Waals surface area contributed by atoms with Gasteiger partial charge in [0.05, 0.1) is 13.0 Å². The number of rotatable bonds is 7. The van der Waals surface area contributed by atoms with Crippen LogP contribution in [0.5, 0.6) is 0 Å². The minimum absolute atomic E-state index is 0. The van der Waals surface area contributed by atoms with Gasteiger partial charge in [0.25, 0.3) is 0 Å². The molecule has 0 aliphatic rings. The van der Waals surface area contributed by atoms with Crippen molar-refractivity contribution < 1.29 is 27.6 Å². The molecular formula is C15H24ClNO2. The largest absolute Gasteiger partial charge is 1.00 e. The van der Waals surface area contributed by atoms with Crippen LogP contribution in [-0.4, -0.2) is 23.5 Å². The summed E-state index contributed by atoms with van der Waals surface area (Å²) in [6.07, 6.45) is 0.0871. The molecule has 0 aliphatic carbocycles. The topological polar surface area (TPSA) is 53.9 Å². The van der Waals surface area contributed by atoms with Crippen LogP contribution in [0.2, 0.25) is 0 Å². The molecule has 0 fully saturated rings. The molecule has 2 atom stereocenters. The maximum Gasteiger partial charge on any atom is 0.141 e. The van der Waals surface area contributed by atoms with Crippen molar-refractivity contribution in [3.05, 3.63) is 35.9 Å². The molecule has 1 rings (SSSR count). The Morgan fingerprint density at radius 3 is 2.32 bits per heavy atom. The predicted octanol–water partition coefficient (Wildman–Crippen LogP) is -1.71. The quantitative estimate of drug-likeness (QED) is 0.627. The molecule has 108 valence electrons. The number of ketones is 1. The number of hydrogen-bond donors (Lipinski definition) is 2. The first-order chi connectivity index (χ1) is 8.52. The Kier molecular flexibility index (Phi) is 8.65. The Morgan fingerprint density at radius 2 is 1.79 bits per heavy atom. The first-order valence-corrected chi connectivity index (χ1v) is 6.61. The fourth-order valence-electron chi connectivity index (χ4n) is 1.86. The van der Waals surface area contributed by atoms with E-state index in [0.29, 0.717) is 6.42 Å². The van der Waals surface area contributed by atoms with Crippen molar-refractivity contribution in [2.75, 3.05) is 6.54 Å². The summed E-state index contributed by atoms with van der Waals surface area (Å²) in [6.45, 7) is 6.56. The number of quaternary nitrogens is 1. The van der Waals surface area contributed by atoms with Crippen LogP contribution in [0.15, 0.2) is 30.3 Å². The van der Waals surface area contributed by atoms with Gasteiger partial charge in [0.15, 0.2) is 0 Å². The smallest absolute Gasteiger partial charge is 0.141 e. The summed E-state index contributed by atoms with van der Waals surface area (Å²) >= 11 is 0. The van der Waals surface area contributed by atoms with Crippen molar-refractivity contribution in [3.63, 3.8) is 0 Å². The lowest BCUT2D eigenvalue weighted by Crippen LogP contribution is -3.00. The molecule has 0 amide bonds. The van der Waals surface area contributed by atoms with Crippen LogP contribution in [0.4, 0.5) is 0 Å². The van der Waals surface area contributed by atoms with E-state index in [-0.39, 0.29) is 30.2 Å². The average molecular weight is 286 g/mol. The second-order valence-electron chi connectivity index (χ2n) is 5.11. The van der Waals surface area contributed by atoms with E-state index in [9.17, 15) is 9.90 Å². The van der Waals surface area contributed by atoms with E-state index in [0.717, 1.165) is 12.1 Å². The number of aliphatic hydroxyl groups excluding tert-OH is 1. The molecule has 0 saturated carbocycles. The van der Waals surface area contributed by atoms with E-state index < -0.39 is 6.10 Å². The van der Waals surface area contributed by atoms with Crippen molar-refractivity contribution in [2.24, 2.45) is 5.92 Å². The molecule has 3 nitrogen and oxygen atoms in total. The molecule has 4 heteroatoms. The molecule has 1 aromatic carbocycles. The van der Waals surface area contributed by atoms with Crippen molar-refractivity contribution in [1.29, 1.82) is 0 Å². The highest BCUT2D eigenvalue weighted by Crippen LogP contribution is 2.13. The van der Waals surface area contributed by atoms with Gasteiger partial charge in [0.2, 0.25) is 0 Å². The minimum atomic E-state index is -0.486. The van der Waals surface area contributed by atoms with Gasteiger partial charge in [0, 0.05) is 5.92 Å². The van der Waals surface area contributed by atoms with Crippen molar-refractivity contribution in [3.8, 4) is 0 Å². The highest BCUT2D eigenvalue weighted by molar-refractivity contribution is 5.80. The molecule has 0 aromatic heterocycles. The van der Waals surface area contributed by atoms with Crippen LogP contribution in [0.3, 0.4) is 0 Å². The number of carbonyl (C=O) groups excluding carboxylic acids is 1. The van der Waals surface area contributed by atoms with E-state index in [1.54, 1.807) is 0 Å². The van der Waals surface area contributed by atoms with Crippen LogP contribution in [0, 0.1) is 5.92 Å². The van der Waals surface area contributed by atoms with Crippen LogP contribution >= 0.6 is 0 Å². The number of carbonyl (C=O) groups is 1. The summed E-state index contributed by atoms with van der Waals surface area (Å²) in [6, 6.07) is 9.70. The lowest BCUT2D eigenvalue weighted by atomic mass is 10.0. The lowest BCUT2D eigenvalue weighted by Gasteiger charge is -2.17. The van der Waals surface area contributed by atoms with E-state index in [4.69, 9.17) is 0 Å². The fraction of sp³-hybridized carbons (Fsp3) is 0.533. The van der Waals surface area contributed by atoms with Crippen molar-refractivity contribution in [1.82, 2.24) is 0 Å². The molecule has 0 heterocycles. The van der Waals surface area contributed by atoms with E-state index >= 15 is 0 Å². The van der Waals surface area contributed by atoms with Crippen LogP contribution in [0.25, 0.3) is 0 Å². The average Bonchev–Trinajstić information content (AvgIpc) is 2.38. The van der Waals surface area contributed by atoms with Crippen LogP contribution in [0.1, 0.15) is 38.9 Å². The highest BCUT2D eigenvalue weighted by atomic mass is 35.5. The summed E-state index contributed by atoms with van der Waals surface area (Å²) in [5.74, 6) is 0.389. The maximum absolute atomic E-state index is 11.5. The van der Waals surface area contributed by atoms with E-state index in [1.165, 1.54) is 0 Å². The Balaban J connectivity index is 0.00000324. The molecular weight excluding hydrogens is 262 g/mol. The maximum atomic E-state index is 11.5. The van der Waals surface area contributed by atoms with E-state index in [1.807, 2.05) is 56.4 Å². The number of aliphatic hydroxyl groups is 1. The van der Waals surface area contributed by atoms with Gasteiger partial charge < -0.3 is 22.8 Å². The van der Waals surface area contributed by atoms with Crippen LogP contribution in [-0.2, 0) is 4.79 Å². The molecule has 0 aliphatic heterocycles. The van der Waals surface area contributed by atoms with Gasteiger partial charge >= 0.3 is 0 Å². The molecule has 19 heavy (non-hydrogen) atoms. The van der Waals surface area contributed by atoms with Gasteiger partial charge in [-0.1, -0.05) is 44.2 Å². The Bertz CT molecular complexity index is 368. The third-order valence-corrected chi connectivity index (χ3v) is 3.21. The predicted molar refractivity (Wildman–Crippen MR) is 72.1 cm³/mol. The zero-order chi connectivity index (χ0) is 13.5. The molecule has 0 bridgehead atoms. The third-order valence-electron chi connectivity index (χ3n) is 3.21. The molecule has 1 aromatic rings. The third kappa shape index (κ3) is 6.19. The molecule has 2 unspecified atom stereocenters.